The predicted molar refractivity (Wildman–Crippen MR) is 106 cm³/mol. The Hall–Kier alpha value is -2.66. The fourth-order valence-electron chi connectivity index (χ4n) is 3.51. The zero-order chi connectivity index (χ0) is 18.1. The molecule has 0 saturated heterocycles. The van der Waals surface area contributed by atoms with Crippen molar-refractivity contribution >= 4 is 22.9 Å². The third kappa shape index (κ3) is 2.99. The Labute approximate surface area is 157 Å². The Morgan fingerprint density at radius 2 is 1.85 bits per heavy atom. The highest BCUT2D eigenvalue weighted by atomic mass is 32.1. The number of carbonyl (C=O) groups excluding carboxylic acids is 1. The number of fused-ring (bicyclic) bond motifs is 1. The summed E-state index contributed by atoms with van der Waals surface area (Å²) in [4.78, 5) is 22.8. The Balaban J connectivity index is 1.71. The molecule has 1 aliphatic rings. The quantitative estimate of drug-likeness (QED) is 0.706. The highest BCUT2D eigenvalue weighted by molar-refractivity contribution is 7.10. The van der Waals surface area contributed by atoms with E-state index in [2.05, 4.69) is 16.4 Å². The molecule has 0 aliphatic carbocycles. The Bertz CT molecular complexity index is 903. The van der Waals surface area contributed by atoms with Gasteiger partial charge in [-0.1, -0.05) is 0 Å². The van der Waals surface area contributed by atoms with Crippen molar-refractivity contribution in [3.05, 3.63) is 81.8 Å². The first-order chi connectivity index (χ1) is 12.6. The van der Waals surface area contributed by atoms with Crippen LogP contribution in [0.5, 0.6) is 0 Å². The highest BCUT2D eigenvalue weighted by Gasteiger charge is 2.33. The van der Waals surface area contributed by atoms with Crippen LogP contribution in [0.1, 0.15) is 32.4 Å². The average Bonchev–Trinajstić information content (AvgIpc) is 3.16. The lowest BCUT2D eigenvalue weighted by atomic mass is 9.93. The smallest absolute Gasteiger partial charge is 0.254 e. The molecule has 4 nitrogen and oxygen atoms in total. The van der Waals surface area contributed by atoms with Crippen molar-refractivity contribution in [2.45, 2.75) is 12.5 Å². The van der Waals surface area contributed by atoms with Gasteiger partial charge in [0, 0.05) is 49.2 Å². The number of thiophene rings is 1. The van der Waals surface area contributed by atoms with Crippen molar-refractivity contribution < 1.29 is 4.79 Å². The summed E-state index contributed by atoms with van der Waals surface area (Å²) in [7, 11) is 4.00. The zero-order valence-electron chi connectivity index (χ0n) is 14.9. The van der Waals surface area contributed by atoms with Gasteiger partial charge < -0.3 is 9.80 Å². The third-order valence-electron chi connectivity index (χ3n) is 4.88. The van der Waals surface area contributed by atoms with Gasteiger partial charge in [-0.2, -0.15) is 0 Å². The first-order valence-corrected chi connectivity index (χ1v) is 9.57. The number of benzene rings is 1. The van der Waals surface area contributed by atoms with Gasteiger partial charge in [-0.25, -0.2) is 0 Å². The van der Waals surface area contributed by atoms with Gasteiger partial charge in [0.25, 0.3) is 5.91 Å². The van der Waals surface area contributed by atoms with Crippen LogP contribution in [-0.4, -0.2) is 36.4 Å². The largest absolute Gasteiger partial charge is 0.378 e. The van der Waals surface area contributed by atoms with Crippen molar-refractivity contribution in [2.75, 3.05) is 25.5 Å². The number of aromatic nitrogens is 1. The summed E-state index contributed by atoms with van der Waals surface area (Å²) in [5, 5.41) is 2.12. The van der Waals surface area contributed by atoms with Crippen LogP contribution >= 0.6 is 11.3 Å². The lowest BCUT2D eigenvalue weighted by Gasteiger charge is -2.36. The van der Waals surface area contributed by atoms with Gasteiger partial charge >= 0.3 is 0 Å². The summed E-state index contributed by atoms with van der Waals surface area (Å²) in [6.45, 7) is 0.731. The molecule has 3 heterocycles. The molecule has 1 aromatic carbocycles. The van der Waals surface area contributed by atoms with E-state index in [0.29, 0.717) is 0 Å². The Morgan fingerprint density at radius 3 is 2.54 bits per heavy atom. The molecule has 0 spiro atoms. The van der Waals surface area contributed by atoms with Gasteiger partial charge in [0.15, 0.2) is 0 Å². The summed E-state index contributed by atoms with van der Waals surface area (Å²) in [5.41, 5.74) is 4.17. The van der Waals surface area contributed by atoms with Crippen LogP contribution in [0.4, 0.5) is 5.69 Å². The SMILES string of the molecule is CN(C)c1ccc(C(=O)N2CCc3sccc3C2c2ccncc2)cc1. The van der Waals surface area contributed by atoms with E-state index in [1.165, 1.54) is 10.4 Å². The van der Waals surface area contributed by atoms with Crippen molar-refractivity contribution in [3.8, 4) is 0 Å². The molecule has 2 aromatic heterocycles. The average molecular weight is 363 g/mol. The van der Waals surface area contributed by atoms with Crippen LogP contribution in [0.25, 0.3) is 0 Å². The maximum Gasteiger partial charge on any atom is 0.254 e. The third-order valence-corrected chi connectivity index (χ3v) is 5.88. The van der Waals surface area contributed by atoms with Gasteiger partial charge in [-0.3, -0.25) is 9.78 Å². The summed E-state index contributed by atoms with van der Waals surface area (Å²) < 4.78 is 0. The normalized spacial score (nSPS) is 16.2. The second-order valence-corrected chi connectivity index (χ2v) is 7.67. The van der Waals surface area contributed by atoms with E-state index in [1.807, 2.05) is 60.3 Å². The molecule has 1 amide bonds. The van der Waals surface area contributed by atoms with Crippen molar-refractivity contribution in [1.29, 1.82) is 0 Å². The fourth-order valence-corrected chi connectivity index (χ4v) is 4.41. The van der Waals surface area contributed by atoms with Crippen molar-refractivity contribution in [3.63, 3.8) is 0 Å². The van der Waals surface area contributed by atoms with E-state index in [-0.39, 0.29) is 11.9 Å². The first-order valence-electron chi connectivity index (χ1n) is 8.69. The minimum absolute atomic E-state index is 0.0472. The standard InChI is InChI=1S/C21H21N3OS/c1-23(2)17-5-3-16(4-6-17)21(25)24-13-9-19-18(10-14-26-19)20(24)15-7-11-22-12-8-15/h3-8,10-12,14,20H,9,13H2,1-2H3. The predicted octanol–water partition coefficient (Wildman–Crippen LogP) is 4.00. The molecule has 0 saturated carbocycles. The van der Waals surface area contributed by atoms with Gasteiger partial charge in [0.2, 0.25) is 0 Å². The van der Waals surface area contributed by atoms with E-state index in [1.54, 1.807) is 23.7 Å². The second kappa shape index (κ2) is 6.92. The zero-order valence-corrected chi connectivity index (χ0v) is 15.7. The molecular weight excluding hydrogens is 342 g/mol. The number of carbonyl (C=O) groups is 1. The molecule has 1 unspecified atom stereocenters. The topological polar surface area (TPSA) is 36.4 Å². The molecule has 26 heavy (non-hydrogen) atoms. The molecule has 4 rings (SSSR count). The summed E-state index contributed by atoms with van der Waals surface area (Å²) in [6.07, 6.45) is 4.51. The van der Waals surface area contributed by atoms with Gasteiger partial charge in [-0.15, -0.1) is 11.3 Å². The fraction of sp³-hybridized carbons (Fsp3) is 0.238. The highest BCUT2D eigenvalue weighted by Crippen LogP contribution is 2.38. The van der Waals surface area contributed by atoms with Crippen molar-refractivity contribution in [2.24, 2.45) is 0 Å². The lowest BCUT2D eigenvalue weighted by molar-refractivity contribution is 0.0696. The van der Waals surface area contributed by atoms with Gasteiger partial charge in [-0.05, 0) is 65.4 Å². The molecule has 0 bridgehead atoms. The van der Waals surface area contributed by atoms with E-state index in [9.17, 15) is 4.79 Å². The number of pyridine rings is 1. The molecule has 3 aromatic rings. The summed E-state index contributed by atoms with van der Waals surface area (Å²) in [5.74, 6) is 0.0777. The number of nitrogens with zero attached hydrogens (tertiary/aromatic N) is 3. The number of anilines is 1. The molecule has 1 atom stereocenters. The van der Waals surface area contributed by atoms with Crippen LogP contribution in [0.3, 0.4) is 0 Å². The monoisotopic (exact) mass is 363 g/mol. The first kappa shape index (κ1) is 16.8. The summed E-state index contributed by atoms with van der Waals surface area (Å²) in [6, 6.07) is 14.0. The lowest BCUT2D eigenvalue weighted by Crippen LogP contribution is -2.40. The molecular formula is C21H21N3OS. The molecule has 0 N–H and O–H groups in total. The molecule has 0 fully saturated rings. The van der Waals surface area contributed by atoms with Crippen LogP contribution in [0.2, 0.25) is 0 Å². The van der Waals surface area contributed by atoms with E-state index in [0.717, 1.165) is 29.8 Å². The Kier molecular flexibility index (Phi) is 4.47. The maximum atomic E-state index is 13.3. The van der Waals surface area contributed by atoms with Crippen LogP contribution < -0.4 is 4.90 Å². The van der Waals surface area contributed by atoms with E-state index >= 15 is 0 Å². The number of amides is 1. The van der Waals surface area contributed by atoms with Crippen LogP contribution in [0.15, 0.2) is 60.2 Å². The molecule has 5 heteroatoms. The number of hydrogen-bond acceptors (Lipinski definition) is 4. The van der Waals surface area contributed by atoms with Crippen LogP contribution in [-0.2, 0) is 6.42 Å². The van der Waals surface area contributed by atoms with Crippen molar-refractivity contribution in [1.82, 2.24) is 9.88 Å². The number of rotatable bonds is 3. The van der Waals surface area contributed by atoms with E-state index < -0.39 is 0 Å². The minimum Gasteiger partial charge on any atom is -0.378 e. The molecule has 0 radical (unpaired) electrons. The molecule has 132 valence electrons. The maximum absolute atomic E-state index is 13.3. The number of hydrogen-bond donors (Lipinski definition) is 0. The second-order valence-electron chi connectivity index (χ2n) is 6.67. The van der Waals surface area contributed by atoms with Crippen LogP contribution in [0, 0.1) is 0 Å². The minimum atomic E-state index is -0.0472. The Morgan fingerprint density at radius 1 is 1.12 bits per heavy atom. The van der Waals surface area contributed by atoms with Gasteiger partial charge in [0.1, 0.15) is 0 Å². The van der Waals surface area contributed by atoms with E-state index in [4.69, 9.17) is 0 Å². The molecule has 1 aliphatic heterocycles. The summed E-state index contributed by atoms with van der Waals surface area (Å²) >= 11 is 1.78. The van der Waals surface area contributed by atoms with Gasteiger partial charge in [0.05, 0.1) is 6.04 Å².